The van der Waals surface area contributed by atoms with Crippen LogP contribution < -0.4 is 15.8 Å². The molecule has 188 valence electrons. The maximum atomic E-state index is 13.5. The average molecular weight is 515 g/mol. The Balaban J connectivity index is 1.48. The molecule has 4 heterocycles. The van der Waals surface area contributed by atoms with E-state index in [0.717, 1.165) is 11.3 Å². The third kappa shape index (κ3) is 5.37. The SMILES string of the molecule is C/C=C/C(F)Oc1ccc(C(=O)Nc2csc([C@]34CO[C@@H](C(F)(F)F)C[C@H]3COC(N)=N4)n2)nc1. The Bertz CT molecular complexity index is 1120. The molecule has 1 amide bonds. The number of nitrogens with one attached hydrogen (secondary N) is 1. The molecule has 2 aliphatic rings. The number of fused-ring (bicyclic) bond motifs is 1. The molecular weight excluding hydrogens is 494 g/mol. The Labute approximate surface area is 201 Å². The van der Waals surface area contributed by atoms with Crippen molar-refractivity contribution in [2.75, 3.05) is 18.5 Å². The van der Waals surface area contributed by atoms with Gasteiger partial charge >= 0.3 is 6.18 Å². The first kappa shape index (κ1) is 24.9. The highest BCUT2D eigenvalue weighted by Crippen LogP contribution is 2.47. The van der Waals surface area contributed by atoms with Gasteiger partial charge in [0, 0.05) is 11.3 Å². The third-order valence-corrected chi connectivity index (χ3v) is 6.47. The molecule has 0 aliphatic carbocycles. The van der Waals surface area contributed by atoms with Gasteiger partial charge in [-0.3, -0.25) is 4.79 Å². The number of carbonyl (C=O) groups excluding carboxylic acids is 1. The Morgan fingerprint density at radius 3 is 2.91 bits per heavy atom. The second-order valence-electron chi connectivity index (χ2n) is 7.83. The van der Waals surface area contributed by atoms with Crippen LogP contribution in [0.4, 0.5) is 23.4 Å². The maximum absolute atomic E-state index is 13.5. The van der Waals surface area contributed by atoms with Crippen LogP contribution in [0.2, 0.25) is 0 Å². The average Bonchev–Trinajstić information content (AvgIpc) is 3.27. The summed E-state index contributed by atoms with van der Waals surface area (Å²) in [5.74, 6) is -0.987. The van der Waals surface area contributed by atoms with Gasteiger partial charge in [-0.2, -0.15) is 17.6 Å². The zero-order valence-corrected chi connectivity index (χ0v) is 19.1. The Morgan fingerprint density at radius 2 is 2.23 bits per heavy atom. The minimum Gasteiger partial charge on any atom is -0.465 e. The quantitative estimate of drug-likeness (QED) is 0.446. The lowest BCUT2D eigenvalue weighted by molar-refractivity contribution is -0.249. The molecule has 14 heteroatoms. The van der Waals surface area contributed by atoms with E-state index >= 15 is 0 Å². The van der Waals surface area contributed by atoms with Crippen molar-refractivity contribution in [1.82, 2.24) is 9.97 Å². The fourth-order valence-electron chi connectivity index (χ4n) is 3.74. The molecule has 1 saturated heterocycles. The highest BCUT2D eigenvalue weighted by atomic mass is 32.1. The topological polar surface area (TPSA) is 121 Å². The fraction of sp³-hybridized carbons (Fsp3) is 0.429. The second-order valence-corrected chi connectivity index (χ2v) is 8.68. The summed E-state index contributed by atoms with van der Waals surface area (Å²) in [6, 6.07) is 2.57. The molecule has 9 nitrogen and oxygen atoms in total. The van der Waals surface area contributed by atoms with Crippen LogP contribution in [0.5, 0.6) is 5.75 Å². The predicted molar refractivity (Wildman–Crippen MR) is 118 cm³/mol. The van der Waals surface area contributed by atoms with Gasteiger partial charge in [0.15, 0.2) is 6.10 Å². The summed E-state index contributed by atoms with van der Waals surface area (Å²) >= 11 is 1.10. The van der Waals surface area contributed by atoms with Crippen molar-refractivity contribution in [1.29, 1.82) is 0 Å². The lowest BCUT2D eigenvalue weighted by atomic mass is 9.79. The highest BCUT2D eigenvalue weighted by Gasteiger charge is 2.56. The van der Waals surface area contributed by atoms with Gasteiger partial charge in [-0.05, 0) is 31.6 Å². The first-order chi connectivity index (χ1) is 16.6. The van der Waals surface area contributed by atoms with Gasteiger partial charge in [0.1, 0.15) is 27.8 Å². The van der Waals surface area contributed by atoms with Crippen LogP contribution in [0, 0.1) is 5.92 Å². The molecule has 0 aromatic carbocycles. The van der Waals surface area contributed by atoms with E-state index in [1.54, 1.807) is 6.92 Å². The van der Waals surface area contributed by atoms with Crippen LogP contribution >= 0.6 is 11.3 Å². The van der Waals surface area contributed by atoms with Gasteiger partial charge < -0.3 is 25.3 Å². The van der Waals surface area contributed by atoms with E-state index in [2.05, 4.69) is 20.3 Å². The summed E-state index contributed by atoms with van der Waals surface area (Å²) in [6.45, 7) is 1.19. The maximum Gasteiger partial charge on any atom is 0.414 e. The van der Waals surface area contributed by atoms with Gasteiger partial charge in [0.05, 0.1) is 19.4 Å². The second kappa shape index (κ2) is 9.77. The number of halogens is 4. The molecule has 1 fully saturated rings. The number of anilines is 1. The summed E-state index contributed by atoms with van der Waals surface area (Å²) in [5, 5.41) is 4.43. The summed E-state index contributed by atoms with van der Waals surface area (Å²) in [7, 11) is 0. The van der Waals surface area contributed by atoms with Gasteiger partial charge in [-0.1, -0.05) is 6.08 Å². The van der Waals surface area contributed by atoms with Crippen LogP contribution in [0.1, 0.15) is 28.8 Å². The van der Waals surface area contributed by atoms with Crippen LogP contribution in [-0.2, 0) is 15.0 Å². The van der Waals surface area contributed by atoms with Gasteiger partial charge in [-0.15, -0.1) is 11.3 Å². The van der Waals surface area contributed by atoms with E-state index in [4.69, 9.17) is 19.9 Å². The summed E-state index contributed by atoms with van der Waals surface area (Å²) in [5.41, 5.74) is 4.48. The Kier molecular flexibility index (Phi) is 6.94. The first-order valence-electron chi connectivity index (χ1n) is 10.4. The number of aromatic nitrogens is 2. The van der Waals surface area contributed by atoms with Crippen molar-refractivity contribution < 1.29 is 36.6 Å². The van der Waals surface area contributed by atoms with Gasteiger partial charge in [0.25, 0.3) is 18.3 Å². The number of amides is 1. The first-order valence-corrected chi connectivity index (χ1v) is 11.3. The molecule has 0 saturated carbocycles. The van der Waals surface area contributed by atoms with E-state index in [1.165, 1.54) is 35.9 Å². The molecule has 1 unspecified atom stereocenters. The van der Waals surface area contributed by atoms with Crippen LogP contribution in [0.3, 0.4) is 0 Å². The lowest BCUT2D eigenvalue weighted by Gasteiger charge is -2.44. The van der Waals surface area contributed by atoms with Crippen molar-refractivity contribution in [3.63, 3.8) is 0 Å². The number of alkyl halides is 4. The van der Waals surface area contributed by atoms with Crippen molar-refractivity contribution in [3.05, 3.63) is 46.6 Å². The monoisotopic (exact) mass is 515 g/mol. The number of carbonyl (C=O) groups is 1. The number of pyridine rings is 1. The lowest BCUT2D eigenvalue weighted by Crippen LogP contribution is -2.54. The number of allylic oxidation sites excluding steroid dienone is 1. The standard InChI is InChI=1S/C21H21F4N5O4S/c1-2-3-15(22)34-12-4-5-13(27-7-12)17(31)28-16-9-35-18(29-16)20-10-33-14(21(23,24)25)6-11(20)8-32-19(26)30-20/h2-5,7,9,11,14-15H,6,8,10H2,1H3,(H2,26,30)(H,28,31)/b3-2+/t11-,14+,15?,20-/m0/s1. The normalized spacial score (nSPS) is 25.3. The van der Waals surface area contributed by atoms with Crippen LogP contribution in [-0.4, -0.2) is 53.7 Å². The molecule has 3 N–H and O–H groups in total. The van der Waals surface area contributed by atoms with Gasteiger partial charge in [0.2, 0.25) is 0 Å². The summed E-state index contributed by atoms with van der Waals surface area (Å²) < 4.78 is 68.4. The molecule has 2 aliphatic heterocycles. The number of nitrogens with two attached hydrogens (primary N) is 1. The molecule has 2 aromatic heterocycles. The number of aliphatic imine (C=N–C) groups is 1. The number of rotatable bonds is 6. The van der Waals surface area contributed by atoms with E-state index in [1.807, 2.05) is 0 Å². The largest absolute Gasteiger partial charge is 0.465 e. The Hall–Kier alpha value is -3.26. The van der Waals surface area contributed by atoms with E-state index in [0.29, 0.717) is 5.01 Å². The van der Waals surface area contributed by atoms with E-state index < -0.39 is 42.6 Å². The number of amidine groups is 1. The van der Waals surface area contributed by atoms with E-state index in [-0.39, 0.29) is 36.3 Å². The minimum absolute atomic E-state index is 0.0201. The molecule has 0 spiro atoms. The molecule has 2 aromatic rings. The molecular formula is C21H21F4N5O4S. The molecule has 4 rings (SSSR count). The van der Waals surface area contributed by atoms with Crippen molar-refractivity contribution >= 4 is 29.1 Å². The number of hydrogen-bond acceptors (Lipinski definition) is 9. The minimum atomic E-state index is -4.52. The van der Waals surface area contributed by atoms with Gasteiger partial charge in [-0.25, -0.2) is 15.0 Å². The van der Waals surface area contributed by atoms with Crippen molar-refractivity contribution in [3.8, 4) is 5.75 Å². The molecule has 0 radical (unpaired) electrons. The number of thiazole rings is 1. The molecule has 0 bridgehead atoms. The van der Waals surface area contributed by atoms with Crippen molar-refractivity contribution in [2.45, 2.75) is 37.5 Å². The molecule has 35 heavy (non-hydrogen) atoms. The highest BCUT2D eigenvalue weighted by molar-refractivity contribution is 7.10. The Morgan fingerprint density at radius 1 is 1.43 bits per heavy atom. The fourth-order valence-corrected chi connectivity index (χ4v) is 4.70. The zero-order chi connectivity index (χ0) is 25.2. The van der Waals surface area contributed by atoms with Crippen molar-refractivity contribution in [2.24, 2.45) is 16.6 Å². The van der Waals surface area contributed by atoms with Crippen LogP contribution in [0.15, 0.2) is 40.9 Å². The third-order valence-electron chi connectivity index (χ3n) is 5.46. The number of ether oxygens (including phenoxy) is 3. The van der Waals surface area contributed by atoms with E-state index in [9.17, 15) is 22.4 Å². The predicted octanol–water partition coefficient (Wildman–Crippen LogP) is 3.55. The van der Waals surface area contributed by atoms with Crippen LogP contribution in [0.25, 0.3) is 0 Å². The number of nitrogens with zero attached hydrogens (tertiary/aromatic N) is 3. The molecule has 4 atom stereocenters. The smallest absolute Gasteiger partial charge is 0.414 e. The summed E-state index contributed by atoms with van der Waals surface area (Å²) in [6.07, 6.45) is -4.56. The number of hydrogen-bond donors (Lipinski definition) is 2. The summed E-state index contributed by atoms with van der Waals surface area (Å²) in [4.78, 5) is 25.2. The zero-order valence-electron chi connectivity index (χ0n) is 18.3.